The first-order valence-corrected chi connectivity index (χ1v) is 9.76. The molecule has 1 aromatic carbocycles. The number of thiophene rings is 1. The average Bonchev–Trinajstić information content (AvgIpc) is 3.14. The molecular formula is C19H14ClF3N4O3S. The molecule has 0 saturated carbocycles. The number of anilines is 2. The van der Waals surface area contributed by atoms with Crippen LogP contribution in [0, 0.1) is 0 Å². The Kier molecular flexibility index (Phi) is 6.66. The van der Waals surface area contributed by atoms with Gasteiger partial charge in [0.05, 0.1) is 10.6 Å². The number of aromatic nitrogens is 1. The van der Waals surface area contributed by atoms with Crippen molar-refractivity contribution in [3.05, 3.63) is 64.9 Å². The first-order valence-electron chi connectivity index (χ1n) is 8.56. The standard InChI is InChI=1S/C19H14ClF3N4O3S/c1-24-17(28)14-9-11(6-7-25-14)30-16-5-4-15(31-16)27-18(29)26-10-2-3-13(20)12(8-10)19(21,22)23/h2-9H,1H3,(H,24,28)(H2,26,27,29). The van der Waals surface area contributed by atoms with Gasteiger partial charge in [0, 0.05) is 25.0 Å². The Hall–Kier alpha value is -3.31. The summed E-state index contributed by atoms with van der Waals surface area (Å²) < 4.78 is 44.4. The second-order valence-electron chi connectivity index (χ2n) is 5.95. The Morgan fingerprint density at radius 1 is 1.10 bits per heavy atom. The summed E-state index contributed by atoms with van der Waals surface area (Å²) in [7, 11) is 1.48. The molecule has 2 aromatic heterocycles. The molecule has 162 valence electrons. The Labute approximate surface area is 183 Å². The van der Waals surface area contributed by atoms with Gasteiger partial charge in [0.25, 0.3) is 5.91 Å². The van der Waals surface area contributed by atoms with Gasteiger partial charge in [-0.05, 0) is 36.4 Å². The number of carbonyl (C=O) groups is 2. The lowest BCUT2D eigenvalue weighted by molar-refractivity contribution is -0.137. The fourth-order valence-electron chi connectivity index (χ4n) is 2.38. The summed E-state index contributed by atoms with van der Waals surface area (Å²) in [4.78, 5) is 27.7. The van der Waals surface area contributed by atoms with Crippen molar-refractivity contribution in [2.75, 3.05) is 17.7 Å². The van der Waals surface area contributed by atoms with E-state index in [1.54, 1.807) is 18.2 Å². The highest BCUT2D eigenvalue weighted by Gasteiger charge is 2.33. The molecular weight excluding hydrogens is 457 g/mol. The number of urea groups is 1. The average molecular weight is 471 g/mol. The van der Waals surface area contributed by atoms with Crippen molar-refractivity contribution in [1.82, 2.24) is 10.3 Å². The van der Waals surface area contributed by atoms with Gasteiger partial charge in [0.1, 0.15) is 16.4 Å². The van der Waals surface area contributed by atoms with Crippen LogP contribution in [0.25, 0.3) is 0 Å². The van der Waals surface area contributed by atoms with Gasteiger partial charge >= 0.3 is 12.2 Å². The second kappa shape index (κ2) is 9.23. The van der Waals surface area contributed by atoms with Crippen LogP contribution in [0.4, 0.5) is 28.7 Å². The molecule has 31 heavy (non-hydrogen) atoms. The Balaban J connectivity index is 1.64. The van der Waals surface area contributed by atoms with Crippen LogP contribution in [-0.2, 0) is 6.18 Å². The van der Waals surface area contributed by atoms with Crippen molar-refractivity contribution in [2.24, 2.45) is 0 Å². The number of ether oxygens (including phenoxy) is 1. The lowest BCUT2D eigenvalue weighted by Crippen LogP contribution is -2.19. The predicted molar refractivity (Wildman–Crippen MR) is 111 cm³/mol. The van der Waals surface area contributed by atoms with Crippen LogP contribution >= 0.6 is 22.9 Å². The first kappa shape index (κ1) is 22.4. The van der Waals surface area contributed by atoms with E-state index in [-0.39, 0.29) is 17.3 Å². The van der Waals surface area contributed by atoms with E-state index in [1.165, 1.54) is 25.4 Å². The SMILES string of the molecule is CNC(=O)c1cc(Oc2ccc(NC(=O)Nc3ccc(Cl)c(C(F)(F)F)c3)s2)ccn1. The van der Waals surface area contributed by atoms with Crippen molar-refractivity contribution >= 4 is 45.6 Å². The highest BCUT2D eigenvalue weighted by molar-refractivity contribution is 7.18. The summed E-state index contributed by atoms with van der Waals surface area (Å²) in [5.41, 5.74) is -0.941. The lowest BCUT2D eigenvalue weighted by Gasteiger charge is -2.12. The molecule has 0 fully saturated rings. The van der Waals surface area contributed by atoms with Crippen molar-refractivity contribution in [1.29, 1.82) is 0 Å². The summed E-state index contributed by atoms with van der Waals surface area (Å²) in [5, 5.41) is 7.62. The van der Waals surface area contributed by atoms with Gasteiger partial charge in [0.2, 0.25) is 0 Å². The number of nitrogens with zero attached hydrogens (tertiary/aromatic N) is 1. The number of halogens is 4. The van der Waals surface area contributed by atoms with E-state index in [1.807, 2.05) is 0 Å². The van der Waals surface area contributed by atoms with Crippen molar-refractivity contribution in [2.45, 2.75) is 6.18 Å². The normalized spacial score (nSPS) is 11.0. The van der Waals surface area contributed by atoms with E-state index in [2.05, 4.69) is 20.9 Å². The second-order valence-corrected chi connectivity index (χ2v) is 7.40. The zero-order valence-corrected chi connectivity index (χ0v) is 17.3. The topological polar surface area (TPSA) is 92.4 Å². The van der Waals surface area contributed by atoms with E-state index in [9.17, 15) is 22.8 Å². The lowest BCUT2D eigenvalue weighted by atomic mass is 10.2. The van der Waals surface area contributed by atoms with Gasteiger partial charge in [-0.3, -0.25) is 15.1 Å². The zero-order chi connectivity index (χ0) is 22.6. The van der Waals surface area contributed by atoms with Crippen LogP contribution in [0.15, 0.2) is 48.7 Å². The molecule has 3 rings (SSSR count). The number of hydrogen-bond acceptors (Lipinski definition) is 5. The van der Waals surface area contributed by atoms with E-state index >= 15 is 0 Å². The minimum absolute atomic E-state index is 0.0687. The Morgan fingerprint density at radius 2 is 1.87 bits per heavy atom. The third-order valence-electron chi connectivity index (χ3n) is 3.76. The number of alkyl halides is 3. The molecule has 12 heteroatoms. The minimum atomic E-state index is -4.64. The molecule has 7 nitrogen and oxygen atoms in total. The Bertz CT molecular complexity index is 1120. The maximum absolute atomic E-state index is 12.9. The highest BCUT2D eigenvalue weighted by Crippen LogP contribution is 2.36. The van der Waals surface area contributed by atoms with Crippen LogP contribution in [0.5, 0.6) is 10.8 Å². The number of pyridine rings is 1. The van der Waals surface area contributed by atoms with Gasteiger partial charge < -0.3 is 15.4 Å². The molecule has 3 N–H and O–H groups in total. The number of nitrogens with one attached hydrogen (secondary N) is 3. The molecule has 0 saturated heterocycles. The number of hydrogen-bond donors (Lipinski definition) is 3. The highest BCUT2D eigenvalue weighted by atomic mass is 35.5. The number of benzene rings is 1. The van der Waals surface area contributed by atoms with Crippen LogP contribution < -0.4 is 20.7 Å². The summed E-state index contributed by atoms with van der Waals surface area (Å²) in [6.07, 6.45) is -3.22. The fourth-order valence-corrected chi connectivity index (χ4v) is 3.37. The molecule has 3 amide bonds. The summed E-state index contributed by atoms with van der Waals surface area (Å²) >= 11 is 6.65. The number of amides is 3. The van der Waals surface area contributed by atoms with E-state index in [4.69, 9.17) is 16.3 Å². The van der Waals surface area contributed by atoms with Gasteiger partial charge in [0.15, 0.2) is 5.06 Å². The third-order valence-corrected chi connectivity index (χ3v) is 4.97. The predicted octanol–water partition coefficient (Wildman–Crippen LogP) is 5.61. The monoisotopic (exact) mass is 470 g/mol. The number of carbonyl (C=O) groups excluding carboxylic acids is 2. The maximum Gasteiger partial charge on any atom is 0.417 e. The fraction of sp³-hybridized carbons (Fsp3) is 0.105. The maximum atomic E-state index is 12.9. The molecule has 2 heterocycles. The Morgan fingerprint density at radius 3 is 2.58 bits per heavy atom. The molecule has 0 radical (unpaired) electrons. The molecule has 0 atom stereocenters. The van der Waals surface area contributed by atoms with Crippen molar-refractivity contribution < 1.29 is 27.5 Å². The van der Waals surface area contributed by atoms with Gasteiger partial charge in [-0.2, -0.15) is 13.2 Å². The van der Waals surface area contributed by atoms with Crippen LogP contribution in [-0.4, -0.2) is 24.0 Å². The van der Waals surface area contributed by atoms with Gasteiger partial charge in [-0.25, -0.2) is 4.79 Å². The molecule has 0 aliphatic rings. The minimum Gasteiger partial charge on any atom is -0.446 e. The van der Waals surface area contributed by atoms with E-state index < -0.39 is 22.8 Å². The summed E-state index contributed by atoms with van der Waals surface area (Å²) in [6.45, 7) is 0. The third kappa shape index (κ3) is 5.86. The van der Waals surface area contributed by atoms with E-state index in [0.717, 1.165) is 23.5 Å². The first-order chi connectivity index (χ1) is 14.7. The zero-order valence-electron chi connectivity index (χ0n) is 15.7. The van der Waals surface area contributed by atoms with Crippen LogP contribution in [0.2, 0.25) is 5.02 Å². The van der Waals surface area contributed by atoms with Gasteiger partial charge in [-0.1, -0.05) is 22.9 Å². The summed E-state index contributed by atoms with van der Waals surface area (Å²) in [6, 6.07) is 8.48. The quantitative estimate of drug-likeness (QED) is 0.452. The molecule has 0 aliphatic heterocycles. The van der Waals surface area contributed by atoms with Crippen molar-refractivity contribution in [3.63, 3.8) is 0 Å². The molecule has 0 spiro atoms. The van der Waals surface area contributed by atoms with Crippen molar-refractivity contribution in [3.8, 4) is 10.8 Å². The largest absolute Gasteiger partial charge is 0.446 e. The molecule has 0 unspecified atom stereocenters. The van der Waals surface area contributed by atoms with Crippen LogP contribution in [0.1, 0.15) is 16.1 Å². The van der Waals surface area contributed by atoms with Gasteiger partial charge in [-0.15, -0.1) is 0 Å². The number of rotatable bonds is 5. The smallest absolute Gasteiger partial charge is 0.417 e. The molecule has 0 bridgehead atoms. The molecule has 3 aromatic rings. The summed E-state index contributed by atoms with van der Waals surface area (Å²) in [5.74, 6) is -0.00108. The van der Waals surface area contributed by atoms with E-state index in [0.29, 0.717) is 15.8 Å². The van der Waals surface area contributed by atoms with Crippen LogP contribution in [0.3, 0.4) is 0 Å². The molecule has 0 aliphatic carbocycles.